The van der Waals surface area contributed by atoms with Gasteiger partial charge in [-0.05, 0) is 32.3 Å². The van der Waals surface area contributed by atoms with Crippen molar-refractivity contribution in [2.45, 2.75) is 6.54 Å². The monoisotopic (exact) mass is 294 g/mol. The van der Waals surface area contributed by atoms with Crippen LogP contribution in [0.15, 0.2) is 24.3 Å². The highest BCUT2D eigenvalue weighted by Crippen LogP contribution is 2.23. The van der Waals surface area contributed by atoms with Gasteiger partial charge in [-0.25, -0.2) is 9.00 Å². The molecule has 0 spiro atoms. The van der Waals surface area contributed by atoms with Gasteiger partial charge in [0.15, 0.2) is 0 Å². The molecule has 1 aromatic carbocycles. The fourth-order valence-corrected chi connectivity index (χ4v) is 3.09. The summed E-state index contributed by atoms with van der Waals surface area (Å²) in [5.74, 6) is -0.393. The van der Waals surface area contributed by atoms with E-state index in [1.165, 1.54) is 7.11 Å². The van der Waals surface area contributed by atoms with Gasteiger partial charge in [0.25, 0.3) is 0 Å². The van der Waals surface area contributed by atoms with Gasteiger partial charge in [-0.15, -0.1) is 0 Å². The summed E-state index contributed by atoms with van der Waals surface area (Å²) in [7, 11) is 4.08. The van der Waals surface area contributed by atoms with Crippen LogP contribution in [0, 0.1) is 0 Å². The van der Waals surface area contributed by atoms with Gasteiger partial charge in [0.1, 0.15) is 11.0 Å². The number of rotatable bonds is 4. The first kappa shape index (κ1) is 14.7. The van der Waals surface area contributed by atoms with Crippen LogP contribution in [0.25, 0.3) is 10.9 Å². The summed E-state index contributed by atoms with van der Waals surface area (Å²) in [6, 6.07) is 7.29. The molecule has 1 unspecified atom stereocenters. The van der Waals surface area contributed by atoms with Crippen LogP contribution in [0.1, 0.15) is 16.1 Å². The first-order chi connectivity index (χ1) is 9.43. The highest BCUT2D eigenvalue weighted by atomic mass is 32.2. The summed E-state index contributed by atoms with van der Waals surface area (Å²) >= 11 is 0. The van der Waals surface area contributed by atoms with E-state index in [-0.39, 0.29) is 0 Å². The Hall–Kier alpha value is -1.66. The molecule has 0 radical (unpaired) electrons. The van der Waals surface area contributed by atoms with Gasteiger partial charge in [-0.1, -0.05) is 6.07 Å². The zero-order chi connectivity index (χ0) is 14.9. The Bertz CT molecular complexity index is 676. The van der Waals surface area contributed by atoms with E-state index in [0.717, 1.165) is 16.6 Å². The SMILES string of the molecule is COC(=O)c1ccc2cc(CN(C)C)n(S(C)=O)c2c1. The largest absolute Gasteiger partial charge is 0.465 e. The fraction of sp³-hybridized carbons (Fsp3) is 0.357. The van der Waals surface area contributed by atoms with Crippen LogP contribution in [0.3, 0.4) is 0 Å². The second-order valence-corrected chi connectivity index (χ2v) is 6.07. The Morgan fingerprint density at radius 3 is 2.60 bits per heavy atom. The second-order valence-electron chi connectivity index (χ2n) is 4.86. The second kappa shape index (κ2) is 5.76. The smallest absolute Gasteiger partial charge is 0.337 e. The molecule has 0 aliphatic carbocycles. The lowest BCUT2D eigenvalue weighted by atomic mass is 10.1. The van der Waals surface area contributed by atoms with E-state index < -0.39 is 17.0 Å². The predicted octanol–water partition coefficient (Wildman–Crippen LogP) is 1.63. The van der Waals surface area contributed by atoms with Crippen molar-refractivity contribution in [2.75, 3.05) is 27.5 Å². The zero-order valence-corrected chi connectivity index (χ0v) is 12.9. The average molecular weight is 294 g/mol. The van der Waals surface area contributed by atoms with Crippen LogP contribution in [-0.2, 0) is 22.3 Å². The number of esters is 1. The van der Waals surface area contributed by atoms with E-state index in [1.807, 2.05) is 31.1 Å². The fourth-order valence-electron chi connectivity index (χ4n) is 2.22. The Balaban J connectivity index is 2.64. The molecule has 0 amide bonds. The molecule has 6 heteroatoms. The van der Waals surface area contributed by atoms with E-state index in [9.17, 15) is 9.00 Å². The number of fused-ring (bicyclic) bond motifs is 1. The van der Waals surface area contributed by atoms with Crippen LogP contribution in [-0.4, -0.2) is 46.5 Å². The molecule has 0 saturated heterocycles. The number of aromatic nitrogens is 1. The standard InChI is InChI=1S/C14H18N2O3S/c1-15(2)9-12-7-10-5-6-11(14(17)19-3)8-13(10)16(12)20(4)18/h5-8H,9H2,1-4H3. The summed E-state index contributed by atoms with van der Waals surface area (Å²) in [6.45, 7) is 0.682. The van der Waals surface area contributed by atoms with E-state index in [1.54, 1.807) is 22.4 Å². The summed E-state index contributed by atoms with van der Waals surface area (Å²) in [5.41, 5.74) is 2.19. The average Bonchev–Trinajstić information content (AvgIpc) is 2.73. The Morgan fingerprint density at radius 2 is 2.05 bits per heavy atom. The van der Waals surface area contributed by atoms with Crippen LogP contribution in [0.2, 0.25) is 0 Å². The van der Waals surface area contributed by atoms with Gasteiger partial charge < -0.3 is 9.64 Å². The molecule has 20 heavy (non-hydrogen) atoms. The molecular weight excluding hydrogens is 276 g/mol. The Labute approximate surface area is 120 Å². The maximum atomic E-state index is 12.0. The number of methoxy groups -OCH3 is 1. The molecule has 1 atom stereocenters. The molecule has 2 aromatic rings. The Kier molecular flexibility index (Phi) is 4.25. The number of carbonyl (C=O) groups excluding carboxylic acids is 1. The molecule has 5 nitrogen and oxygen atoms in total. The number of hydrogen-bond donors (Lipinski definition) is 0. The summed E-state index contributed by atoms with van der Waals surface area (Å²) < 4.78 is 18.5. The molecule has 0 bridgehead atoms. The van der Waals surface area contributed by atoms with Gasteiger partial charge >= 0.3 is 5.97 Å². The maximum Gasteiger partial charge on any atom is 0.337 e. The number of nitrogens with zero attached hydrogens (tertiary/aromatic N) is 2. The third kappa shape index (κ3) is 2.76. The van der Waals surface area contributed by atoms with Crippen molar-refractivity contribution in [2.24, 2.45) is 0 Å². The first-order valence-corrected chi connectivity index (χ1v) is 7.67. The van der Waals surface area contributed by atoms with Crippen molar-refractivity contribution in [3.05, 3.63) is 35.5 Å². The molecule has 1 heterocycles. The number of hydrogen-bond acceptors (Lipinski definition) is 4. The lowest BCUT2D eigenvalue weighted by Gasteiger charge is -2.12. The highest BCUT2D eigenvalue weighted by molar-refractivity contribution is 7.82. The van der Waals surface area contributed by atoms with E-state index in [4.69, 9.17) is 4.74 Å². The van der Waals surface area contributed by atoms with Crippen LogP contribution < -0.4 is 0 Å². The third-order valence-corrected chi connectivity index (χ3v) is 3.93. The molecule has 0 fully saturated rings. The number of ether oxygens (including phenoxy) is 1. The molecule has 108 valence electrons. The molecule has 0 aliphatic heterocycles. The minimum atomic E-state index is -1.19. The van der Waals surface area contributed by atoms with Gasteiger partial charge in [-0.2, -0.15) is 0 Å². The molecule has 0 N–H and O–H groups in total. The molecular formula is C14H18N2O3S. The van der Waals surface area contributed by atoms with E-state index in [2.05, 4.69) is 0 Å². The van der Waals surface area contributed by atoms with Gasteiger partial charge in [-0.3, -0.25) is 3.97 Å². The third-order valence-electron chi connectivity index (χ3n) is 2.99. The summed E-state index contributed by atoms with van der Waals surface area (Å²) in [5, 5.41) is 0.963. The zero-order valence-electron chi connectivity index (χ0n) is 12.0. The van der Waals surface area contributed by atoms with Crippen molar-refractivity contribution in [3.63, 3.8) is 0 Å². The normalized spacial score (nSPS) is 12.8. The van der Waals surface area contributed by atoms with Crippen molar-refractivity contribution < 1.29 is 13.7 Å². The predicted molar refractivity (Wildman–Crippen MR) is 80.1 cm³/mol. The lowest BCUT2D eigenvalue weighted by molar-refractivity contribution is 0.0601. The van der Waals surface area contributed by atoms with Gasteiger partial charge in [0.05, 0.1) is 18.2 Å². The molecule has 1 aromatic heterocycles. The van der Waals surface area contributed by atoms with Crippen LogP contribution in [0.4, 0.5) is 0 Å². The summed E-state index contributed by atoms with van der Waals surface area (Å²) in [4.78, 5) is 13.6. The van der Waals surface area contributed by atoms with Crippen molar-refractivity contribution in [1.82, 2.24) is 8.87 Å². The van der Waals surface area contributed by atoms with Crippen LogP contribution in [0.5, 0.6) is 0 Å². The minimum Gasteiger partial charge on any atom is -0.465 e. The van der Waals surface area contributed by atoms with Crippen molar-refractivity contribution in [1.29, 1.82) is 0 Å². The highest BCUT2D eigenvalue weighted by Gasteiger charge is 2.14. The maximum absolute atomic E-state index is 12.0. The van der Waals surface area contributed by atoms with E-state index in [0.29, 0.717) is 12.1 Å². The Morgan fingerprint density at radius 1 is 1.35 bits per heavy atom. The lowest BCUT2D eigenvalue weighted by Crippen LogP contribution is -2.16. The quantitative estimate of drug-likeness (QED) is 0.804. The van der Waals surface area contributed by atoms with Gasteiger partial charge in [0.2, 0.25) is 0 Å². The topological polar surface area (TPSA) is 51.5 Å². The minimum absolute atomic E-state index is 0.393. The van der Waals surface area contributed by atoms with Crippen molar-refractivity contribution in [3.8, 4) is 0 Å². The molecule has 0 aliphatic rings. The van der Waals surface area contributed by atoms with E-state index >= 15 is 0 Å². The molecule has 2 rings (SSSR count). The first-order valence-electron chi connectivity index (χ1n) is 6.15. The van der Waals surface area contributed by atoms with Crippen molar-refractivity contribution >= 4 is 27.9 Å². The van der Waals surface area contributed by atoms with Gasteiger partial charge in [0, 0.05) is 23.9 Å². The number of benzene rings is 1. The summed E-state index contributed by atoms with van der Waals surface area (Å²) in [6.07, 6.45) is 1.63. The number of carbonyl (C=O) groups is 1. The molecule has 0 saturated carbocycles. The van der Waals surface area contributed by atoms with Crippen LogP contribution >= 0.6 is 0 Å².